The number of rotatable bonds is 7. The van der Waals surface area contributed by atoms with Gasteiger partial charge in [-0.3, -0.25) is 20.2 Å². The summed E-state index contributed by atoms with van der Waals surface area (Å²) >= 11 is 0. The zero-order chi connectivity index (χ0) is 24.2. The third kappa shape index (κ3) is 8.65. The molecule has 2 rings (SSSR count). The van der Waals surface area contributed by atoms with Gasteiger partial charge in [0.25, 0.3) is 11.8 Å². The minimum absolute atomic E-state index is 0.325. The molecule has 2 amide bonds. The lowest BCUT2D eigenvalue weighted by atomic mass is 10.1. The van der Waals surface area contributed by atoms with Crippen LogP contribution in [0.25, 0.3) is 12.2 Å². The third-order valence-electron chi connectivity index (χ3n) is 3.98. The number of carbonyl (C=O) groups excluding carboxylic acids is 2. The lowest BCUT2D eigenvalue weighted by molar-refractivity contribution is -0.116. The van der Waals surface area contributed by atoms with Gasteiger partial charge in [-0.1, -0.05) is 42.5 Å². The first-order valence-corrected chi connectivity index (χ1v) is 9.52. The molecule has 0 bridgehead atoms. The highest BCUT2D eigenvalue weighted by Gasteiger charge is 2.03. The van der Waals surface area contributed by atoms with Crippen molar-refractivity contribution < 1.29 is 24.5 Å². The lowest BCUT2D eigenvalue weighted by Crippen LogP contribution is -2.37. The average Bonchev–Trinajstić information content (AvgIpc) is 2.80. The van der Waals surface area contributed by atoms with Gasteiger partial charge in [0, 0.05) is 23.3 Å². The van der Waals surface area contributed by atoms with Crippen molar-refractivity contribution in [2.24, 2.45) is 21.7 Å². The number of amides is 2. The molecule has 0 atom stereocenters. The van der Waals surface area contributed by atoms with Gasteiger partial charge in [-0.05, 0) is 23.8 Å². The summed E-state index contributed by atoms with van der Waals surface area (Å²) in [5.74, 6) is -1.21. The fourth-order valence-corrected chi connectivity index (χ4v) is 2.41. The highest BCUT2D eigenvalue weighted by molar-refractivity contribution is 6.05. The maximum absolute atomic E-state index is 11.9. The number of aliphatic hydroxyl groups is 2. The smallest absolute Gasteiger partial charge is 0.250 e. The van der Waals surface area contributed by atoms with Gasteiger partial charge in [0.05, 0.1) is 7.11 Å². The summed E-state index contributed by atoms with van der Waals surface area (Å²) in [5, 5.41) is 29.7. The van der Waals surface area contributed by atoms with E-state index in [4.69, 9.17) is 26.4 Å². The van der Waals surface area contributed by atoms with Crippen molar-refractivity contribution in [1.82, 2.24) is 10.6 Å². The molecule has 0 saturated carbocycles. The maximum Gasteiger partial charge on any atom is 0.250 e. The van der Waals surface area contributed by atoms with Gasteiger partial charge in [0.15, 0.2) is 6.29 Å². The van der Waals surface area contributed by atoms with E-state index >= 15 is 0 Å². The molecule has 11 nitrogen and oxygen atoms in total. The lowest BCUT2D eigenvalue weighted by Gasteiger charge is -2.03. The minimum Gasteiger partial charge on any atom is -0.496 e. The molecule has 0 spiro atoms. The van der Waals surface area contributed by atoms with Crippen molar-refractivity contribution >= 4 is 35.9 Å². The van der Waals surface area contributed by atoms with Crippen molar-refractivity contribution in [3.63, 3.8) is 0 Å². The zero-order valence-corrected chi connectivity index (χ0v) is 17.7. The van der Waals surface area contributed by atoms with Crippen LogP contribution in [0.1, 0.15) is 23.0 Å². The molecule has 0 aromatic heterocycles. The molecule has 0 radical (unpaired) electrons. The van der Waals surface area contributed by atoms with E-state index < -0.39 is 18.1 Å². The number of methoxy groups -OCH3 is 1. The van der Waals surface area contributed by atoms with Crippen LogP contribution in [0, 0.1) is 0 Å². The van der Waals surface area contributed by atoms with E-state index in [-0.39, 0.29) is 11.9 Å². The minimum atomic E-state index is -1.57. The van der Waals surface area contributed by atoms with E-state index in [0.717, 1.165) is 0 Å². The molecule has 11 heteroatoms. The molecule has 0 fully saturated rings. The number of nitrogens with one attached hydrogen (secondary N) is 2. The number of aliphatic hydroxyl groups excluding tert-OH is 1. The maximum atomic E-state index is 11.9. The van der Waals surface area contributed by atoms with Gasteiger partial charge < -0.3 is 26.4 Å². The van der Waals surface area contributed by atoms with Gasteiger partial charge in [-0.15, -0.1) is 10.2 Å². The van der Waals surface area contributed by atoms with Crippen LogP contribution in [0.15, 0.2) is 70.9 Å². The molecular formula is C22H24N6O5. The Morgan fingerprint density at radius 1 is 0.909 bits per heavy atom. The standard InChI is InChI=1S/C22H24N6O5/c1-33-17-5-3-2-4-15(17)11-13-19(30)26-22(24)28-27-21(23)25-18(29)12-8-14-6-9-16(10-7-14)20(31)32/h2-13,20,31-32H,1H3,(H3,23,25,27,29)(H3,24,26,28,30). The Morgan fingerprint density at radius 3 is 2.00 bits per heavy atom. The first-order chi connectivity index (χ1) is 15.8. The molecule has 0 heterocycles. The van der Waals surface area contributed by atoms with Crippen LogP contribution in [0.5, 0.6) is 5.75 Å². The quantitative estimate of drug-likeness (QED) is 0.114. The SMILES string of the molecule is COc1ccccc1C=CC(=O)NC(N)=NN=C(N)NC(=O)C=Cc1ccc(C(O)O)cc1. The second kappa shape index (κ2) is 12.4. The second-order valence-electron chi connectivity index (χ2n) is 6.40. The molecule has 0 aliphatic carbocycles. The predicted molar refractivity (Wildman–Crippen MR) is 124 cm³/mol. The Labute approximate surface area is 189 Å². The van der Waals surface area contributed by atoms with Crippen molar-refractivity contribution in [1.29, 1.82) is 0 Å². The molecule has 0 aliphatic rings. The number of ether oxygens (including phenoxy) is 1. The van der Waals surface area contributed by atoms with Crippen molar-refractivity contribution in [3.8, 4) is 5.75 Å². The average molecular weight is 452 g/mol. The van der Waals surface area contributed by atoms with Crippen LogP contribution in [0.3, 0.4) is 0 Å². The first kappa shape index (κ1) is 24.8. The first-order valence-electron chi connectivity index (χ1n) is 9.52. The summed E-state index contributed by atoms with van der Waals surface area (Å²) in [6.07, 6.45) is 3.91. The number of para-hydroxylation sites is 1. The third-order valence-corrected chi connectivity index (χ3v) is 3.98. The van der Waals surface area contributed by atoms with Crippen molar-refractivity contribution in [2.45, 2.75) is 6.29 Å². The molecule has 8 N–H and O–H groups in total. The Bertz CT molecular complexity index is 1090. The fourth-order valence-electron chi connectivity index (χ4n) is 2.41. The van der Waals surface area contributed by atoms with E-state index in [9.17, 15) is 9.59 Å². The molecule has 0 aliphatic heterocycles. The van der Waals surface area contributed by atoms with Gasteiger partial charge in [-0.2, -0.15) is 0 Å². The molecule has 172 valence electrons. The van der Waals surface area contributed by atoms with E-state index in [1.807, 2.05) is 0 Å². The molecular weight excluding hydrogens is 428 g/mol. The highest BCUT2D eigenvalue weighted by Crippen LogP contribution is 2.18. The number of hydrogen-bond acceptors (Lipinski definition) is 7. The number of hydrogen-bond donors (Lipinski definition) is 6. The summed E-state index contributed by atoms with van der Waals surface area (Å²) in [6, 6.07) is 13.4. The molecule has 0 unspecified atom stereocenters. The monoisotopic (exact) mass is 452 g/mol. The Hall–Kier alpha value is -4.48. The van der Waals surface area contributed by atoms with Crippen LogP contribution in [0.4, 0.5) is 0 Å². The largest absolute Gasteiger partial charge is 0.496 e. The summed E-state index contributed by atoms with van der Waals surface area (Å²) in [7, 11) is 1.52. The second-order valence-corrected chi connectivity index (χ2v) is 6.40. The summed E-state index contributed by atoms with van der Waals surface area (Å²) < 4.78 is 5.19. The fraction of sp³-hybridized carbons (Fsp3) is 0.0909. The van der Waals surface area contributed by atoms with Crippen LogP contribution in [0.2, 0.25) is 0 Å². The Kier molecular flexibility index (Phi) is 9.31. The predicted octanol–water partition coefficient (Wildman–Crippen LogP) is 0.182. The van der Waals surface area contributed by atoms with E-state index in [0.29, 0.717) is 22.4 Å². The molecule has 2 aromatic rings. The van der Waals surface area contributed by atoms with Gasteiger partial charge in [0.2, 0.25) is 11.9 Å². The van der Waals surface area contributed by atoms with Crippen LogP contribution < -0.4 is 26.8 Å². The van der Waals surface area contributed by atoms with Crippen LogP contribution in [-0.2, 0) is 9.59 Å². The van der Waals surface area contributed by atoms with Gasteiger partial charge in [-0.25, -0.2) is 0 Å². The number of nitrogens with zero attached hydrogens (tertiary/aromatic N) is 2. The van der Waals surface area contributed by atoms with E-state index in [1.165, 1.54) is 37.5 Å². The van der Waals surface area contributed by atoms with Crippen LogP contribution >= 0.6 is 0 Å². The normalized spacial score (nSPS) is 12.4. The summed E-state index contributed by atoms with van der Waals surface area (Å²) in [6.45, 7) is 0. The van der Waals surface area contributed by atoms with Crippen molar-refractivity contribution in [2.75, 3.05) is 7.11 Å². The number of guanidine groups is 2. The van der Waals surface area contributed by atoms with E-state index in [2.05, 4.69) is 20.8 Å². The zero-order valence-electron chi connectivity index (χ0n) is 17.7. The van der Waals surface area contributed by atoms with Crippen LogP contribution in [-0.4, -0.2) is 41.1 Å². The Balaban J connectivity index is 1.87. The highest BCUT2D eigenvalue weighted by atomic mass is 16.5. The van der Waals surface area contributed by atoms with E-state index in [1.54, 1.807) is 42.5 Å². The number of carbonyl (C=O) groups is 2. The Morgan fingerprint density at radius 2 is 1.45 bits per heavy atom. The molecule has 0 saturated heterocycles. The molecule has 2 aromatic carbocycles. The van der Waals surface area contributed by atoms with Gasteiger partial charge >= 0.3 is 0 Å². The topological polar surface area (TPSA) is 185 Å². The number of benzene rings is 2. The molecule has 33 heavy (non-hydrogen) atoms. The number of nitrogens with two attached hydrogens (primary N) is 2. The summed E-state index contributed by atoms with van der Waals surface area (Å²) in [5.41, 5.74) is 12.8. The van der Waals surface area contributed by atoms with Crippen molar-refractivity contribution in [3.05, 3.63) is 77.4 Å². The van der Waals surface area contributed by atoms with Gasteiger partial charge in [0.1, 0.15) is 5.75 Å². The summed E-state index contributed by atoms with van der Waals surface area (Å²) in [4.78, 5) is 23.8.